The van der Waals surface area contributed by atoms with Gasteiger partial charge in [-0.05, 0) is 36.1 Å². The Bertz CT molecular complexity index is 790. The van der Waals surface area contributed by atoms with E-state index >= 15 is 0 Å². The third-order valence-corrected chi connectivity index (χ3v) is 4.24. The molecule has 1 aromatic carbocycles. The number of benzene rings is 1. The summed E-state index contributed by atoms with van der Waals surface area (Å²) in [6, 6.07) is 14.8. The summed E-state index contributed by atoms with van der Waals surface area (Å²) in [7, 11) is 0. The molecule has 2 heterocycles. The average molecular weight is 305 g/mol. The van der Waals surface area contributed by atoms with Crippen LogP contribution in [-0.2, 0) is 6.54 Å². The highest BCUT2D eigenvalue weighted by Crippen LogP contribution is 2.24. The fourth-order valence-electron chi connectivity index (χ4n) is 3.00. The van der Waals surface area contributed by atoms with E-state index in [2.05, 4.69) is 66.4 Å². The van der Waals surface area contributed by atoms with Crippen molar-refractivity contribution in [2.45, 2.75) is 33.4 Å². The first kappa shape index (κ1) is 15.6. The number of nitrogens with one attached hydrogen (secondary N) is 1. The highest BCUT2D eigenvalue weighted by atomic mass is 14.9. The fourth-order valence-corrected chi connectivity index (χ4v) is 3.00. The second-order valence-electron chi connectivity index (χ2n) is 6.30. The molecule has 0 spiro atoms. The monoisotopic (exact) mass is 305 g/mol. The van der Waals surface area contributed by atoms with Crippen molar-refractivity contribution in [2.75, 3.05) is 0 Å². The second kappa shape index (κ2) is 6.88. The van der Waals surface area contributed by atoms with Gasteiger partial charge in [0.25, 0.3) is 0 Å². The van der Waals surface area contributed by atoms with Crippen LogP contribution in [0.3, 0.4) is 0 Å². The van der Waals surface area contributed by atoms with E-state index in [-0.39, 0.29) is 6.04 Å². The fraction of sp³-hybridized carbons (Fsp3) is 0.300. The minimum Gasteiger partial charge on any atom is -0.304 e. The van der Waals surface area contributed by atoms with Crippen LogP contribution in [0.15, 0.2) is 54.9 Å². The molecule has 3 heteroatoms. The van der Waals surface area contributed by atoms with Crippen molar-refractivity contribution < 1.29 is 0 Å². The molecule has 0 aliphatic rings. The first-order chi connectivity index (χ1) is 11.2. The van der Waals surface area contributed by atoms with Crippen LogP contribution in [0.25, 0.3) is 10.9 Å². The molecule has 23 heavy (non-hydrogen) atoms. The molecule has 0 saturated carbocycles. The topological polar surface area (TPSA) is 37.8 Å². The van der Waals surface area contributed by atoms with Crippen LogP contribution in [0.2, 0.25) is 0 Å². The predicted molar refractivity (Wildman–Crippen MR) is 95.1 cm³/mol. The van der Waals surface area contributed by atoms with Gasteiger partial charge in [0.2, 0.25) is 0 Å². The lowest BCUT2D eigenvalue weighted by Crippen LogP contribution is -2.27. The molecule has 1 unspecified atom stereocenters. The molecule has 0 saturated heterocycles. The van der Waals surface area contributed by atoms with Gasteiger partial charge in [-0.15, -0.1) is 0 Å². The van der Waals surface area contributed by atoms with Crippen LogP contribution in [0.4, 0.5) is 0 Å². The van der Waals surface area contributed by atoms with Gasteiger partial charge < -0.3 is 5.32 Å². The zero-order valence-electron chi connectivity index (χ0n) is 14.0. The maximum absolute atomic E-state index is 4.60. The molecule has 0 amide bonds. The summed E-state index contributed by atoms with van der Waals surface area (Å²) in [6.45, 7) is 7.37. The maximum atomic E-state index is 4.60. The summed E-state index contributed by atoms with van der Waals surface area (Å²) < 4.78 is 0. The van der Waals surface area contributed by atoms with E-state index < -0.39 is 0 Å². The lowest BCUT2D eigenvalue weighted by Gasteiger charge is -2.23. The molecule has 3 rings (SSSR count). The molecular weight excluding hydrogens is 282 g/mol. The number of fused-ring (bicyclic) bond motifs is 1. The summed E-state index contributed by atoms with van der Waals surface area (Å²) in [5, 5.41) is 4.86. The first-order valence-corrected chi connectivity index (χ1v) is 8.14. The molecule has 3 aromatic rings. The van der Waals surface area contributed by atoms with Crippen molar-refractivity contribution in [1.82, 2.24) is 15.3 Å². The minimum absolute atomic E-state index is 0.232. The van der Waals surface area contributed by atoms with Gasteiger partial charge in [0.15, 0.2) is 0 Å². The lowest BCUT2D eigenvalue weighted by molar-refractivity contribution is 0.401. The SMILES string of the molecule is Cc1cccnc1C(NCc1cccc2cccnc12)C(C)C. The molecule has 118 valence electrons. The van der Waals surface area contributed by atoms with Crippen molar-refractivity contribution in [1.29, 1.82) is 0 Å². The molecule has 0 aliphatic carbocycles. The first-order valence-electron chi connectivity index (χ1n) is 8.14. The Balaban J connectivity index is 1.86. The third-order valence-electron chi connectivity index (χ3n) is 4.24. The van der Waals surface area contributed by atoms with E-state index in [0.717, 1.165) is 17.8 Å². The Labute approximate surface area is 137 Å². The number of nitrogens with zero attached hydrogens (tertiary/aromatic N) is 2. The number of pyridine rings is 2. The van der Waals surface area contributed by atoms with E-state index in [4.69, 9.17) is 0 Å². The summed E-state index contributed by atoms with van der Waals surface area (Å²) >= 11 is 0. The van der Waals surface area contributed by atoms with Crippen LogP contribution in [-0.4, -0.2) is 9.97 Å². The summed E-state index contributed by atoms with van der Waals surface area (Å²) in [4.78, 5) is 9.13. The molecule has 1 N–H and O–H groups in total. The molecule has 3 nitrogen and oxygen atoms in total. The van der Waals surface area contributed by atoms with Crippen molar-refractivity contribution >= 4 is 10.9 Å². The standard InChI is InChI=1S/C20H23N3/c1-14(2)18(19-15(3)7-5-11-21-19)23-13-17-9-4-8-16-10-6-12-22-20(16)17/h4-12,14,18,23H,13H2,1-3H3. The number of para-hydroxylation sites is 1. The molecule has 0 radical (unpaired) electrons. The lowest BCUT2D eigenvalue weighted by atomic mass is 9.97. The summed E-state index contributed by atoms with van der Waals surface area (Å²) in [6.07, 6.45) is 3.73. The normalized spacial score (nSPS) is 12.7. The van der Waals surface area contributed by atoms with Crippen LogP contribution in [0.1, 0.15) is 36.7 Å². The predicted octanol–water partition coefficient (Wildman–Crippen LogP) is 4.43. The van der Waals surface area contributed by atoms with E-state index in [0.29, 0.717) is 5.92 Å². The minimum atomic E-state index is 0.232. The number of hydrogen-bond acceptors (Lipinski definition) is 3. The van der Waals surface area contributed by atoms with Crippen molar-refractivity contribution in [2.24, 2.45) is 5.92 Å². The molecule has 0 bridgehead atoms. The van der Waals surface area contributed by atoms with E-state index in [1.165, 1.54) is 16.5 Å². The maximum Gasteiger partial charge on any atom is 0.0746 e. The van der Waals surface area contributed by atoms with Gasteiger partial charge in [0, 0.05) is 24.3 Å². The molecule has 0 fully saturated rings. The van der Waals surface area contributed by atoms with Gasteiger partial charge in [-0.25, -0.2) is 0 Å². The zero-order chi connectivity index (χ0) is 16.2. The highest BCUT2D eigenvalue weighted by Gasteiger charge is 2.18. The third kappa shape index (κ3) is 3.40. The summed E-state index contributed by atoms with van der Waals surface area (Å²) in [5.74, 6) is 0.464. The van der Waals surface area contributed by atoms with Crippen LogP contribution in [0, 0.1) is 12.8 Å². The number of rotatable bonds is 5. The highest BCUT2D eigenvalue weighted by molar-refractivity contribution is 5.81. The number of aromatic nitrogens is 2. The van der Waals surface area contributed by atoms with Crippen molar-refractivity contribution in [3.05, 3.63) is 71.7 Å². The summed E-state index contributed by atoms with van der Waals surface area (Å²) in [5.41, 5.74) is 4.66. The van der Waals surface area contributed by atoms with Crippen LogP contribution in [0.5, 0.6) is 0 Å². The Kier molecular flexibility index (Phi) is 4.68. The number of hydrogen-bond donors (Lipinski definition) is 1. The zero-order valence-corrected chi connectivity index (χ0v) is 14.0. The smallest absolute Gasteiger partial charge is 0.0746 e. The Hall–Kier alpha value is -2.26. The molecular formula is C20H23N3. The van der Waals surface area contributed by atoms with Crippen molar-refractivity contribution in [3.63, 3.8) is 0 Å². The van der Waals surface area contributed by atoms with Crippen LogP contribution < -0.4 is 5.32 Å². The molecule has 1 atom stereocenters. The van der Waals surface area contributed by atoms with Gasteiger partial charge in [0.1, 0.15) is 0 Å². The Morgan fingerprint density at radius 1 is 0.957 bits per heavy atom. The van der Waals surface area contributed by atoms with Gasteiger partial charge in [0.05, 0.1) is 17.3 Å². The average Bonchev–Trinajstić information content (AvgIpc) is 2.56. The van der Waals surface area contributed by atoms with E-state index in [1.54, 1.807) is 0 Å². The van der Waals surface area contributed by atoms with Gasteiger partial charge in [-0.1, -0.05) is 44.2 Å². The van der Waals surface area contributed by atoms with Crippen LogP contribution >= 0.6 is 0 Å². The molecule has 2 aromatic heterocycles. The van der Waals surface area contributed by atoms with E-state index in [1.807, 2.05) is 24.5 Å². The van der Waals surface area contributed by atoms with Gasteiger partial charge in [-0.2, -0.15) is 0 Å². The van der Waals surface area contributed by atoms with Gasteiger partial charge in [-0.3, -0.25) is 9.97 Å². The van der Waals surface area contributed by atoms with E-state index in [9.17, 15) is 0 Å². The second-order valence-corrected chi connectivity index (χ2v) is 6.30. The Morgan fingerprint density at radius 3 is 2.48 bits per heavy atom. The van der Waals surface area contributed by atoms with Crippen molar-refractivity contribution in [3.8, 4) is 0 Å². The number of aryl methyl sites for hydroxylation is 1. The quantitative estimate of drug-likeness (QED) is 0.758. The molecule has 0 aliphatic heterocycles. The largest absolute Gasteiger partial charge is 0.304 e. The van der Waals surface area contributed by atoms with Gasteiger partial charge >= 0.3 is 0 Å². The Morgan fingerprint density at radius 2 is 1.70 bits per heavy atom.